The quantitative estimate of drug-likeness (QED) is 0.756. The van der Waals surface area contributed by atoms with Crippen LogP contribution in [0.15, 0.2) is 0 Å². The number of nitrogens with one attached hydrogen (secondary N) is 1. The first-order valence-electron chi connectivity index (χ1n) is 10.0. The fourth-order valence-corrected chi connectivity index (χ4v) is 3.40. The number of nitrogens with zero attached hydrogens (tertiary/aromatic N) is 4. The normalized spacial score (nSPS) is 14.7. The molecule has 0 bridgehead atoms. The van der Waals surface area contributed by atoms with Crippen LogP contribution in [-0.4, -0.2) is 69.5 Å². The Hall–Kier alpha value is -2.38. The number of aryl methyl sites for hydroxylation is 1. The minimum Gasteiger partial charge on any atom is -0.346 e. The van der Waals surface area contributed by atoms with Crippen LogP contribution in [0.25, 0.3) is 0 Å². The Balaban J connectivity index is 1.93. The van der Waals surface area contributed by atoms with Gasteiger partial charge in [0, 0.05) is 50.0 Å². The van der Waals surface area contributed by atoms with Gasteiger partial charge >= 0.3 is 11.8 Å². The highest BCUT2D eigenvalue weighted by atomic mass is 16.2. The van der Waals surface area contributed by atoms with Crippen LogP contribution in [0, 0.1) is 19.8 Å². The second kappa shape index (κ2) is 9.21. The zero-order chi connectivity index (χ0) is 21.0. The summed E-state index contributed by atoms with van der Waals surface area (Å²) in [7, 11) is 0. The molecular weight excluding hydrogens is 358 g/mol. The van der Waals surface area contributed by atoms with Gasteiger partial charge in [-0.3, -0.25) is 19.1 Å². The molecule has 8 heteroatoms. The first-order chi connectivity index (χ1) is 13.1. The van der Waals surface area contributed by atoms with Crippen LogP contribution in [0.3, 0.4) is 0 Å². The van der Waals surface area contributed by atoms with E-state index in [0.717, 1.165) is 23.5 Å². The van der Waals surface area contributed by atoms with Gasteiger partial charge in [-0.2, -0.15) is 5.10 Å². The van der Waals surface area contributed by atoms with Crippen molar-refractivity contribution in [1.82, 2.24) is 24.9 Å². The standard InChI is InChI=1S/C20H33N5O3/c1-13(2)12-25-16(6)17(15(5)22-25)11-18(26)23-7-9-24(10-8-23)20(28)19(27)21-14(3)4/h13-14H,7-12H2,1-6H3,(H,21,27). The lowest BCUT2D eigenvalue weighted by Gasteiger charge is -2.34. The average molecular weight is 392 g/mol. The molecule has 0 saturated carbocycles. The van der Waals surface area contributed by atoms with Gasteiger partial charge in [-0.15, -0.1) is 0 Å². The summed E-state index contributed by atoms with van der Waals surface area (Å²) in [6.45, 7) is 14.3. The van der Waals surface area contributed by atoms with Crippen molar-refractivity contribution in [2.75, 3.05) is 26.2 Å². The van der Waals surface area contributed by atoms with Crippen molar-refractivity contribution < 1.29 is 14.4 Å². The first-order valence-corrected chi connectivity index (χ1v) is 10.0. The van der Waals surface area contributed by atoms with E-state index in [0.29, 0.717) is 38.5 Å². The summed E-state index contributed by atoms with van der Waals surface area (Å²) in [5.74, 6) is -0.588. The number of amides is 3. The zero-order valence-corrected chi connectivity index (χ0v) is 17.9. The van der Waals surface area contributed by atoms with E-state index < -0.39 is 11.8 Å². The fraction of sp³-hybridized carbons (Fsp3) is 0.700. The molecule has 1 fully saturated rings. The summed E-state index contributed by atoms with van der Waals surface area (Å²) in [6, 6.07) is -0.0811. The topological polar surface area (TPSA) is 87.5 Å². The van der Waals surface area contributed by atoms with Crippen LogP contribution in [0.1, 0.15) is 44.6 Å². The molecule has 2 rings (SSSR count). The third kappa shape index (κ3) is 5.33. The van der Waals surface area contributed by atoms with Gasteiger partial charge in [-0.1, -0.05) is 13.8 Å². The lowest BCUT2D eigenvalue weighted by atomic mass is 10.1. The molecule has 1 N–H and O–H groups in total. The summed E-state index contributed by atoms with van der Waals surface area (Å²) >= 11 is 0. The Kier molecular flexibility index (Phi) is 7.21. The van der Waals surface area contributed by atoms with E-state index in [1.807, 2.05) is 32.4 Å². The van der Waals surface area contributed by atoms with Gasteiger partial charge in [0.05, 0.1) is 12.1 Å². The summed E-state index contributed by atoms with van der Waals surface area (Å²) in [5, 5.41) is 7.19. The van der Waals surface area contributed by atoms with E-state index in [1.165, 1.54) is 4.90 Å². The van der Waals surface area contributed by atoms with Crippen LogP contribution in [0.2, 0.25) is 0 Å². The van der Waals surface area contributed by atoms with Gasteiger partial charge in [0.1, 0.15) is 0 Å². The molecule has 1 saturated heterocycles. The smallest absolute Gasteiger partial charge is 0.312 e. The summed E-state index contributed by atoms with van der Waals surface area (Å²) in [5.41, 5.74) is 2.92. The lowest BCUT2D eigenvalue weighted by molar-refractivity contribution is -0.148. The van der Waals surface area contributed by atoms with Gasteiger partial charge in [0.2, 0.25) is 5.91 Å². The maximum Gasteiger partial charge on any atom is 0.312 e. The number of rotatable bonds is 5. The van der Waals surface area contributed by atoms with E-state index in [2.05, 4.69) is 24.3 Å². The Morgan fingerprint density at radius 1 is 1.00 bits per heavy atom. The second-order valence-corrected chi connectivity index (χ2v) is 8.20. The van der Waals surface area contributed by atoms with Crippen molar-refractivity contribution in [1.29, 1.82) is 0 Å². The van der Waals surface area contributed by atoms with E-state index in [-0.39, 0.29) is 11.9 Å². The van der Waals surface area contributed by atoms with Crippen LogP contribution in [-0.2, 0) is 27.3 Å². The Morgan fingerprint density at radius 2 is 1.57 bits per heavy atom. The molecule has 1 aromatic heterocycles. The third-order valence-electron chi connectivity index (χ3n) is 4.93. The van der Waals surface area contributed by atoms with E-state index >= 15 is 0 Å². The van der Waals surface area contributed by atoms with Crippen molar-refractivity contribution in [3.8, 4) is 0 Å². The third-order valence-corrected chi connectivity index (χ3v) is 4.93. The Bertz CT molecular complexity index is 730. The molecule has 1 aliphatic rings. The summed E-state index contributed by atoms with van der Waals surface area (Å²) in [4.78, 5) is 40.1. The van der Waals surface area contributed by atoms with Crippen LogP contribution in [0.4, 0.5) is 0 Å². The summed E-state index contributed by atoms with van der Waals surface area (Å²) < 4.78 is 1.98. The highest BCUT2D eigenvalue weighted by Gasteiger charge is 2.28. The Labute approximate surface area is 167 Å². The number of piperazine rings is 1. The largest absolute Gasteiger partial charge is 0.346 e. The fourth-order valence-electron chi connectivity index (χ4n) is 3.40. The van der Waals surface area contributed by atoms with Crippen molar-refractivity contribution in [2.45, 2.75) is 60.5 Å². The molecular formula is C20H33N5O3. The maximum absolute atomic E-state index is 12.8. The molecule has 0 aliphatic carbocycles. The first kappa shape index (κ1) is 21.9. The number of carbonyl (C=O) groups is 3. The van der Waals surface area contributed by atoms with E-state index in [9.17, 15) is 14.4 Å². The van der Waals surface area contributed by atoms with Crippen molar-refractivity contribution in [3.05, 3.63) is 17.0 Å². The number of aromatic nitrogens is 2. The van der Waals surface area contributed by atoms with Crippen LogP contribution < -0.4 is 5.32 Å². The number of hydrogen-bond donors (Lipinski definition) is 1. The van der Waals surface area contributed by atoms with Gasteiger partial charge in [0.15, 0.2) is 0 Å². The number of carbonyl (C=O) groups excluding carboxylic acids is 3. The predicted molar refractivity (Wildman–Crippen MR) is 107 cm³/mol. The van der Waals surface area contributed by atoms with Crippen molar-refractivity contribution >= 4 is 17.7 Å². The molecule has 28 heavy (non-hydrogen) atoms. The molecule has 8 nitrogen and oxygen atoms in total. The maximum atomic E-state index is 12.8. The molecule has 1 aromatic rings. The molecule has 0 atom stereocenters. The second-order valence-electron chi connectivity index (χ2n) is 8.20. The van der Waals surface area contributed by atoms with E-state index in [1.54, 1.807) is 4.90 Å². The van der Waals surface area contributed by atoms with Gasteiger partial charge in [-0.05, 0) is 33.6 Å². The van der Waals surface area contributed by atoms with Gasteiger partial charge in [0.25, 0.3) is 0 Å². The average Bonchev–Trinajstić information content (AvgIpc) is 2.87. The van der Waals surface area contributed by atoms with Crippen molar-refractivity contribution in [3.63, 3.8) is 0 Å². The SMILES string of the molecule is Cc1nn(CC(C)C)c(C)c1CC(=O)N1CCN(C(=O)C(=O)NC(C)C)CC1. The molecule has 0 spiro atoms. The summed E-state index contributed by atoms with van der Waals surface area (Å²) in [6.07, 6.45) is 0.317. The van der Waals surface area contributed by atoms with Crippen molar-refractivity contribution in [2.24, 2.45) is 5.92 Å². The molecule has 3 amide bonds. The molecule has 1 aliphatic heterocycles. The lowest BCUT2D eigenvalue weighted by Crippen LogP contribution is -2.54. The molecule has 0 radical (unpaired) electrons. The predicted octanol–water partition coefficient (Wildman–Crippen LogP) is 0.894. The zero-order valence-electron chi connectivity index (χ0n) is 17.9. The van der Waals surface area contributed by atoms with Gasteiger partial charge in [-0.25, -0.2) is 0 Å². The highest BCUT2D eigenvalue weighted by Crippen LogP contribution is 2.17. The molecule has 156 valence electrons. The minimum absolute atomic E-state index is 0.0361. The van der Waals surface area contributed by atoms with Crippen LogP contribution >= 0.6 is 0 Å². The Morgan fingerprint density at radius 3 is 2.11 bits per heavy atom. The molecule has 0 aromatic carbocycles. The van der Waals surface area contributed by atoms with Crippen LogP contribution in [0.5, 0.6) is 0 Å². The van der Waals surface area contributed by atoms with Gasteiger partial charge < -0.3 is 15.1 Å². The monoisotopic (exact) mass is 391 g/mol. The minimum atomic E-state index is -0.585. The molecule has 0 unspecified atom stereocenters. The van der Waals surface area contributed by atoms with E-state index in [4.69, 9.17) is 0 Å². The highest BCUT2D eigenvalue weighted by molar-refractivity contribution is 6.35. The number of hydrogen-bond acceptors (Lipinski definition) is 4. The molecule has 2 heterocycles.